The van der Waals surface area contributed by atoms with Crippen LogP contribution in [0.1, 0.15) is 85.8 Å². The molecule has 210 valence electrons. The molecule has 2 atom stereocenters. The smallest absolute Gasteiger partial charge is 0.408 e. The minimum absolute atomic E-state index is 0.210. The number of hydrogen-bond acceptors (Lipinski definition) is 7. The van der Waals surface area contributed by atoms with Crippen molar-refractivity contribution in [3.63, 3.8) is 0 Å². The number of hydrogen-bond donors (Lipinski definition) is 2. The van der Waals surface area contributed by atoms with E-state index in [1.807, 2.05) is 24.0 Å². The van der Waals surface area contributed by atoms with E-state index in [0.29, 0.717) is 38.8 Å². The highest BCUT2D eigenvalue weighted by Crippen LogP contribution is 2.17. The number of carbonyl (C=O) groups is 4. The van der Waals surface area contributed by atoms with Gasteiger partial charge in [-0.1, -0.05) is 0 Å². The molecule has 1 heterocycles. The highest BCUT2D eigenvalue weighted by atomic mass is 16.6. The van der Waals surface area contributed by atoms with Gasteiger partial charge in [0.1, 0.15) is 23.1 Å². The molecule has 1 amide bonds. The van der Waals surface area contributed by atoms with Gasteiger partial charge in [-0.05, 0) is 80.1 Å². The van der Waals surface area contributed by atoms with Crippen molar-refractivity contribution in [1.82, 2.24) is 9.88 Å². The molecular weight excluding hydrogens is 482 g/mol. The number of carbonyl (C=O) groups excluding carboxylic acids is 3. The largest absolute Gasteiger partial charge is 0.548 e. The Balaban J connectivity index is 2.48. The van der Waals surface area contributed by atoms with Crippen molar-refractivity contribution < 1.29 is 43.4 Å². The van der Waals surface area contributed by atoms with E-state index in [-0.39, 0.29) is 12.8 Å². The molecule has 2 N–H and O–H groups in total. The van der Waals surface area contributed by atoms with Crippen LogP contribution in [0.4, 0.5) is 4.79 Å². The van der Waals surface area contributed by atoms with Crippen LogP contribution in [0.2, 0.25) is 0 Å². The highest BCUT2D eigenvalue weighted by molar-refractivity contribution is 5.94. The van der Waals surface area contributed by atoms with Gasteiger partial charge < -0.3 is 29.8 Å². The molecule has 0 aliphatic heterocycles. The number of alkyl carbamates (subject to hydrolysis) is 1. The van der Waals surface area contributed by atoms with E-state index >= 15 is 0 Å². The molecular formula is C26H43N3O8. The molecule has 0 bridgehead atoms. The number of amides is 1. The quantitative estimate of drug-likeness (QED) is 0.162. The van der Waals surface area contributed by atoms with Crippen LogP contribution >= 0.6 is 0 Å². The molecule has 0 fully saturated rings. The van der Waals surface area contributed by atoms with Crippen molar-refractivity contribution in [2.45, 2.75) is 117 Å². The Morgan fingerprint density at radius 1 is 1.00 bits per heavy atom. The van der Waals surface area contributed by atoms with Crippen LogP contribution in [0.5, 0.6) is 0 Å². The summed E-state index contributed by atoms with van der Waals surface area (Å²) in [7, 11) is 0. The number of carboxylic acids is 2. The van der Waals surface area contributed by atoms with E-state index in [9.17, 15) is 29.4 Å². The lowest BCUT2D eigenvalue weighted by Crippen LogP contribution is -2.49. The Morgan fingerprint density at radius 3 is 2.14 bits per heavy atom. The van der Waals surface area contributed by atoms with Crippen molar-refractivity contribution in [1.29, 1.82) is 0 Å². The molecule has 11 nitrogen and oxygen atoms in total. The predicted octanol–water partition coefficient (Wildman–Crippen LogP) is 2.11. The normalized spacial score (nSPS) is 13.5. The Labute approximate surface area is 219 Å². The fourth-order valence-electron chi connectivity index (χ4n) is 3.66. The van der Waals surface area contributed by atoms with Gasteiger partial charge in [0, 0.05) is 6.92 Å². The molecule has 0 aliphatic carbocycles. The van der Waals surface area contributed by atoms with Gasteiger partial charge in [-0.3, -0.25) is 9.59 Å². The van der Waals surface area contributed by atoms with Crippen LogP contribution in [0.3, 0.4) is 0 Å². The summed E-state index contributed by atoms with van der Waals surface area (Å²) in [5, 5.41) is 23.1. The molecule has 0 spiro atoms. The van der Waals surface area contributed by atoms with E-state index < -0.39 is 47.2 Å². The van der Waals surface area contributed by atoms with Gasteiger partial charge in [0.2, 0.25) is 6.33 Å². The summed E-state index contributed by atoms with van der Waals surface area (Å²) in [6.07, 6.45) is 6.10. The third-order valence-electron chi connectivity index (χ3n) is 5.36. The van der Waals surface area contributed by atoms with Gasteiger partial charge in [0.05, 0.1) is 25.1 Å². The maximum atomic E-state index is 12.2. The van der Waals surface area contributed by atoms with Crippen LogP contribution in [0.15, 0.2) is 12.5 Å². The topological polar surface area (TPSA) is 151 Å². The first-order valence-corrected chi connectivity index (χ1v) is 12.7. The fourth-order valence-corrected chi connectivity index (χ4v) is 3.66. The van der Waals surface area contributed by atoms with Gasteiger partial charge in [-0.15, -0.1) is 0 Å². The lowest BCUT2D eigenvalue weighted by atomic mass is 10.0. The second kappa shape index (κ2) is 14.0. The van der Waals surface area contributed by atoms with E-state index in [0.717, 1.165) is 5.69 Å². The Hall–Kier alpha value is -3.11. The number of nitrogens with one attached hydrogen (secondary N) is 1. The lowest BCUT2D eigenvalue weighted by molar-refractivity contribution is -0.697. The number of aryl methyl sites for hydroxylation is 3. The molecule has 0 aliphatic rings. The number of ether oxygens (including phenoxy) is 2. The minimum atomic E-state index is -1.35. The number of nitrogens with zero attached hydrogens (tertiary/aromatic N) is 2. The molecule has 0 radical (unpaired) electrons. The molecule has 2 unspecified atom stereocenters. The molecule has 11 heteroatoms. The molecule has 0 saturated carbocycles. The van der Waals surface area contributed by atoms with Gasteiger partial charge in [-0.25, -0.2) is 13.9 Å². The second-order valence-corrected chi connectivity index (χ2v) is 11.3. The van der Waals surface area contributed by atoms with E-state index in [2.05, 4.69) is 9.88 Å². The van der Waals surface area contributed by atoms with E-state index in [1.165, 1.54) is 0 Å². The summed E-state index contributed by atoms with van der Waals surface area (Å²) in [4.78, 5) is 46.9. The summed E-state index contributed by atoms with van der Waals surface area (Å²) in [5.41, 5.74) is -0.431. The van der Waals surface area contributed by atoms with Crippen LogP contribution in [-0.4, -0.2) is 50.9 Å². The average molecular weight is 526 g/mol. The highest BCUT2D eigenvalue weighted by Gasteiger charge is 2.30. The summed E-state index contributed by atoms with van der Waals surface area (Å²) in [6.45, 7) is 13.5. The summed E-state index contributed by atoms with van der Waals surface area (Å²) >= 11 is 0. The van der Waals surface area contributed by atoms with Gasteiger partial charge in [0.15, 0.2) is 5.92 Å². The molecule has 1 aromatic rings. The SMILES string of the molecule is Cc1c[n+](CCCCC(NC(=O)OC(C)(C)C)C(=O)[O-])cn1CCCCC(C(=O)O)C(=O)OC(C)(C)C. The third-order valence-corrected chi connectivity index (χ3v) is 5.36. The number of aromatic nitrogens is 2. The van der Waals surface area contributed by atoms with Crippen molar-refractivity contribution >= 4 is 24.0 Å². The standard InChI is InChI=1S/C26H43N3O8/c1-18-16-28(14-10-9-13-20(22(32)33)27-24(35)37-26(5,6)7)17-29(18)15-11-8-12-19(21(30)31)23(34)36-25(2,3)4/h16-17,19-20H,8-15H2,1-7H3,(H2-,27,30,31,32,33,35). The van der Waals surface area contributed by atoms with Crippen LogP contribution in [0, 0.1) is 12.8 Å². The molecule has 37 heavy (non-hydrogen) atoms. The Bertz CT molecular complexity index is 927. The number of unbranched alkanes of at least 4 members (excludes halogenated alkanes) is 2. The molecule has 0 saturated heterocycles. The van der Waals surface area contributed by atoms with Crippen molar-refractivity contribution in [3.8, 4) is 0 Å². The maximum Gasteiger partial charge on any atom is 0.408 e. The van der Waals surface area contributed by atoms with Crippen LogP contribution in [-0.2, 0) is 36.9 Å². The van der Waals surface area contributed by atoms with E-state index in [4.69, 9.17) is 9.47 Å². The van der Waals surface area contributed by atoms with Crippen molar-refractivity contribution in [3.05, 3.63) is 18.2 Å². The van der Waals surface area contributed by atoms with Crippen LogP contribution < -0.4 is 15.0 Å². The maximum absolute atomic E-state index is 12.2. The second-order valence-electron chi connectivity index (χ2n) is 11.3. The minimum Gasteiger partial charge on any atom is -0.548 e. The first-order valence-electron chi connectivity index (χ1n) is 12.7. The van der Waals surface area contributed by atoms with Gasteiger partial charge in [-0.2, -0.15) is 0 Å². The molecule has 1 rings (SSSR count). The van der Waals surface area contributed by atoms with E-state index in [1.54, 1.807) is 41.5 Å². The Kier molecular flexibility index (Phi) is 12.1. The van der Waals surface area contributed by atoms with Gasteiger partial charge in [0.25, 0.3) is 0 Å². The number of rotatable bonds is 14. The molecule has 0 aromatic carbocycles. The first-order chi connectivity index (χ1) is 17.0. The summed E-state index contributed by atoms with van der Waals surface area (Å²) in [6, 6.07) is -1.12. The summed E-state index contributed by atoms with van der Waals surface area (Å²) in [5.74, 6) is -4.41. The lowest BCUT2D eigenvalue weighted by Gasteiger charge is -2.24. The zero-order chi connectivity index (χ0) is 28.4. The average Bonchev–Trinajstić information content (AvgIpc) is 3.06. The number of imidazole rings is 1. The summed E-state index contributed by atoms with van der Waals surface area (Å²) < 4.78 is 14.4. The Morgan fingerprint density at radius 2 is 1.59 bits per heavy atom. The fraction of sp³-hybridized carbons (Fsp3) is 0.731. The molecule has 1 aromatic heterocycles. The van der Waals surface area contributed by atoms with Crippen molar-refractivity contribution in [2.24, 2.45) is 5.92 Å². The van der Waals surface area contributed by atoms with Crippen molar-refractivity contribution in [2.75, 3.05) is 0 Å². The zero-order valence-corrected chi connectivity index (χ0v) is 23.2. The van der Waals surface area contributed by atoms with Gasteiger partial charge >= 0.3 is 18.0 Å². The zero-order valence-electron chi connectivity index (χ0n) is 23.2. The number of carboxylic acid groups (broad SMARTS) is 2. The first kappa shape index (κ1) is 31.9. The predicted molar refractivity (Wildman–Crippen MR) is 132 cm³/mol. The van der Waals surface area contributed by atoms with Crippen LogP contribution in [0.25, 0.3) is 0 Å². The monoisotopic (exact) mass is 525 g/mol. The number of aliphatic carboxylic acids is 2. The number of esters is 1. The third kappa shape index (κ3) is 13.1.